The molecule has 2 aliphatic rings. The van der Waals surface area contributed by atoms with Gasteiger partial charge >= 0.3 is 6.09 Å². The molecular weight excluding hydrogens is 483 g/mol. The Bertz CT molecular complexity index is 1480. The molecule has 2 bridgehead atoms. The number of fused-ring (bicyclic) bond motifs is 3. The van der Waals surface area contributed by atoms with Crippen LogP contribution in [0.5, 0.6) is 0 Å². The number of carbonyl (C=O) groups excluding carboxylic acids is 1. The third kappa shape index (κ3) is 4.25. The summed E-state index contributed by atoms with van der Waals surface area (Å²) in [5, 5.41) is 4.33. The summed E-state index contributed by atoms with van der Waals surface area (Å²) >= 11 is 0. The topological polar surface area (TPSA) is 98.6 Å². The smallest absolute Gasteiger partial charge is 0.410 e. The normalized spacial score (nSPS) is 21.2. The molecule has 5 heterocycles. The van der Waals surface area contributed by atoms with Crippen LogP contribution < -0.4 is 5.73 Å². The number of piperidine rings is 1. The summed E-state index contributed by atoms with van der Waals surface area (Å²) in [6, 6.07) is 13.8. The zero-order chi connectivity index (χ0) is 26.6. The minimum absolute atomic E-state index is 0.00800. The Morgan fingerprint density at radius 3 is 2.37 bits per heavy atom. The number of amides is 1. The van der Waals surface area contributed by atoms with E-state index in [0.717, 1.165) is 35.2 Å². The van der Waals surface area contributed by atoms with Gasteiger partial charge in [0.1, 0.15) is 5.60 Å². The Morgan fingerprint density at radius 2 is 1.74 bits per heavy atom. The van der Waals surface area contributed by atoms with Gasteiger partial charge in [0.25, 0.3) is 0 Å². The largest absolute Gasteiger partial charge is 0.444 e. The quantitative estimate of drug-likeness (QED) is 0.370. The first kappa shape index (κ1) is 24.3. The molecular formula is C29H31FN6O2. The summed E-state index contributed by atoms with van der Waals surface area (Å²) in [6.07, 6.45) is 6.11. The number of hydrogen-bond donors (Lipinski definition) is 1. The molecule has 0 aliphatic carbocycles. The van der Waals surface area contributed by atoms with Gasteiger partial charge in [-0.15, -0.1) is 0 Å². The summed E-state index contributed by atoms with van der Waals surface area (Å²) in [6.45, 7) is 5.60. The van der Waals surface area contributed by atoms with Crippen molar-refractivity contribution in [3.05, 3.63) is 66.4 Å². The van der Waals surface area contributed by atoms with Crippen LogP contribution in [0.25, 0.3) is 28.0 Å². The van der Waals surface area contributed by atoms with Gasteiger partial charge in [-0.05, 0) is 52.5 Å². The van der Waals surface area contributed by atoms with Crippen molar-refractivity contribution in [2.24, 2.45) is 0 Å². The highest BCUT2D eigenvalue weighted by Crippen LogP contribution is 2.44. The Kier molecular flexibility index (Phi) is 5.81. The average molecular weight is 515 g/mol. The zero-order valence-electron chi connectivity index (χ0n) is 21.8. The first-order valence-electron chi connectivity index (χ1n) is 13.1. The molecule has 1 aromatic carbocycles. The van der Waals surface area contributed by atoms with Crippen LogP contribution in [0.4, 0.5) is 15.0 Å². The van der Waals surface area contributed by atoms with Gasteiger partial charge in [0, 0.05) is 40.9 Å². The highest BCUT2D eigenvalue weighted by atomic mass is 19.1. The van der Waals surface area contributed by atoms with Crippen LogP contribution in [-0.4, -0.2) is 48.3 Å². The summed E-state index contributed by atoms with van der Waals surface area (Å²) < 4.78 is 22.6. The standard InChI is InChI=1S/C29H31FN6O2/c1-29(2,3)38-28(37)35-20-10-11-21(35)14-19(13-20)25-24(30)26(31)36-27(34-25)22(16-33-36)18-9-12-23(32-15-18)17-7-5-4-6-8-17/h4-9,12,15-16,19-21H,10-11,13-14,31H2,1-3H3/t19-,20-,21?/m0/s1. The van der Waals surface area contributed by atoms with Crippen LogP contribution in [0.3, 0.4) is 0 Å². The van der Waals surface area contributed by atoms with Crippen molar-refractivity contribution in [2.75, 3.05) is 5.73 Å². The summed E-state index contributed by atoms with van der Waals surface area (Å²) in [5.74, 6) is -0.758. The molecule has 6 rings (SSSR count). The van der Waals surface area contributed by atoms with Crippen LogP contribution in [0, 0.1) is 5.82 Å². The van der Waals surface area contributed by atoms with Crippen LogP contribution >= 0.6 is 0 Å². The molecule has 38 heavy (non-hydrogen) atoms. The lowest BCUT2D eigenvalue weighted by Crippen LogP contribution is -2.48. The first-order chi connectivity index (χ1) is 18.2. The highest BCUT2D eigenvalue weighted by Gasteiger charge is 2.46. The molecule has 0 saturated carbocycles. The fourth-order valence-corrected chi connectivity index (χ4v) is 5.83. The second-order valence-corrected chi connectivity index (χ2v) is 11.2. The third-order valence-corrected chi connectivity index (χ3v) is 7.52. The lowest BCUT2D eigenvalue weighted by Gasteiger charge is -2.39. The Labute approximate surface area is 220 Å². The molecule has 2 saturated heterocycles. The van der Waals surface area contributed by atoms with E-state index in [-0.39, 0.29) is 29.9 Å². The van der Waals surface area contributed by atoms with E-state index in [0.29, 0.717) is 24.2 Å². The lowest BCUT2D eigenvalue weighted by molar-refractivity contribution is 0.00560. The number of halogens is 1. The lowest BCUT2D eigenvalue weighted by atomic mass is 9.87. The maximum atomic E-state index is 15.6. The van der Waals surface area contributed by atoms with Crippen molar-refractivity contribution in [1.82, 2.24) is 24.5 Å². The molecule has 2 N–H and O–H groups in total. The number of nitrogens with two attached hydrogens (primary N) is 1. The Hall–Kier alpha value is -4.01. The van der Waals surface area contributed by atoms with Gasteiger partial charge < -0.3 is 15.4 Å². The van der Waals surface area contributed by atoms with Crippen LogP contribution in [-0.2, 0) is 4.74 Å². The highest BCUT2D eigenvalue weighted by molar-refractivity contribution is 5.78. The molecule has 2 aliphatic heterocycles. The van der Waals surface area contributed by atoms with Gasteiger partial charge in [-0.3, -0.25) is 4.98 Å². The molecule has 1 unspecified atom stereocenters. The summed E-state index contributed by atoms with van der Waals surface area (Å²) in [7, 11) is 0. The number of nitrogens with zero attached hydrogens (tertiary/aromatic N) is 5. The molecule has 3 aromatic heterocycles. The molecule has 196 valence electrons. The number of pyridine rings is 1. The number of carbonyl (C=O) groups is 1. The van der Waals surface area contributed by atoms with Crippen molar-refractivity contribution in [2.45, 2.75) is 70.1 Å². The first-order valence-corrected chi connectivity index (χ1v) is 13.1. The van der Waals surface area contributed by atoms with Gasteiger partial charge in [-0.2, -0.15) is 9.61 Å². The fourth-order valence-electron chi connectivity index (χ4n) is 5.83. The third-order valence-electron chi connectivity index (χ3n) is 7.52. The van der Waals surface area contributed by atoms with E-state index < -0.39 is 11.4 Å². The average Bonchev–Trinajstić information content (AvgIpc) is 3.44. The monoisotopic (exact) mass is 514 g/mol. The maximum Gasteiger partial charge on any atom is 0.410 e. The van der Waals surface area contributed by atoms with E-state index >= 15 is 4.39 Å². The van der Waals surface area contributed by atoms with E-state index in [1.54, 1.807) is 12.4 Å². The van der Waals surface area contributed by atoms with Gasteiger partial charge in [0.2, 0.25) is 0 Å². The van der Waals surface area contributed by atoms with Crippen LogP contribution in [0.2, 0.25) is 0 Å². The molecule has 0 spiro atoms. The van der Waals surface area contributed by atoms with Crippen molar-refractivity contribution >= 4 is 17.6 Å². The molecule has 8 nitrogen and oxygen atoms in total. The Morgan fingerprint density at radius 1 is 1.03 bits per heavy atom. The zero-order valence-corrected chi connectivity index (χ0v) is 21.8. The summed E-state index contributed by atoms with van der Waals surface area (Å²) in [5.41, 5.74) is 9.95. The van der Waals surface area contributed by atoms with E-state index in [2.05, 4.69) is 10.1 Å². The minimum atomic E-state index is -0.562. The van der Waals surface area contributed by atoms with E-state index in [4.69, 9.17) is 15.5 Å². The van der Waals surface area contributed by atoms with Crippen molar-refractivity contribution in [3.63, 3.8) is 0 Å². The van der Waals surface area contributed by atoms with Gasteiger partial charge in [-0.1, -0.05) is 36.4 Å². The second kappa shape index (κ2) is 9.08. The molecule has 3 atom stereocenters. The van der Waals surface area contributed by atoms with Crippen molar-refractivity contribution in [3.8, 4) is 22.4 Å². The number of ether oxygens (including phenoxy) is 1. The van der Waals surface area contributed by atoms with Crippen LogP contribution in [0.15, 0.2) is 54.9 Å². The van der Waals surface area contributed by atoms with Crippen molar-refractivity contribution in [1.29, 1.82) is 0 Å². The number of aromatic nitrogens is 4. The minimum Gasteiger partial charge on any atom is -0.444 e. The van der Waals surface area contributed by atoms with Gasteiger partial charge in [0.05, 0.1) is 17.6 Å². The van der Waals surface area contributed by atoms with Gasteiger partial charge in [0.15, 0.2) is 17.3 Å². The number of benzene rings is 1. The van der Waals surface area contributed by atoms with Gasteiger partial charge in [-0.25, -0.2) is 14.2 Å². The Balaban J connectivity index is 1.31. The van der Waals surface area contributed by atoms with Crippen molar-refractivity contribution < 1.29 is 13.9 Å². The summed E-state index contributed by atoms with van der Waals surface area (Å²) in [4.78, 5) is 24.1. The van der Waals surface area contributed by atoms with E-state index in [1.807, 2.05) is 68.1 Å². The number of anilines is 1. The number of hydrogen-bond acceptors (Lipinski definition) is 6. The van der Waals surface area contributed by atoms with E-state index in [9.17, 15) is 4.79 Å². The molecule has 4 aromatic rings. The molecule has 0 radical (unpaired) electrons. The van der Waals surface area contributed by atoms with E-state index in [1.165, 1.54) is 4.52 Å². The predicted molar refractivity (Wildman–Crippen MR) is 143 cm³/mol. The maximum absolute atomic E-state index is 15.6. The number of nitrogen functional groups attached to an aromatic ring is 1. The SMILES string of the molecule is CC(C)(C)OC(=O)N1C2CC[C@H]1C[C@H](c1nc3c(-c4ccc(-c5ccccc5)nc4)cnn3c(N)c1F)C2. The molecule has 9 heteroatoms. The number of rotatable bonds is 3. The fraction of sp³-hybridized carbons (Fsp3) is 0.379. The molecule has 2 fully saturated rings. The predicted octanol–water partition coefficient (Wildman–Crippen LogP) is 5.83. The molecule has 1 amide bonds. The second-order valence-electron chi connectivity index (χ2n) is 11.2. The van der Waals surface area contributed by atoms with Crippen LogP contribution in [0.1, 0.15) is 58.1 Å².